The van der Waals surface area contributed by atoms with Gasteiger partial charge in [0.2, 0.25) is 5.89 Å². The lowest BCUT2D eigenvalue weighted by atomic mass is 10.2. The number of rotatable bonds is 4. The van der Waals surface area contributed by atoms with Crippen molar-refractivity contribution >= 4 is 23.0 Å². The van der Waals surface area contributed by atoms with E-state index in [2.05, 4.69) is 15.5 Å². The van der Waals surface area contributed by atoms with E-state index in [-0.39, 0.29) is 22.9 Å². The number of benzene rings is 1. The van der Waals surface area contributed by atoms with Crippen molar-refractivity contribution in [2.45, 2.75) is 13.5 Å². The summed E-state index contributed by atoms with van der Waals surface area (Å²) < 4.78 is 4.89. The molecule has 0 atom stereocenters. The number of aryl methyl sites for hydroxylation is 1. The van der Waals surface area contributed by atoms with Crippen LogP contribution in [0.3, 0.4) is 0 Å². The molecule has 0 unspecified atom stereocenters. The predicted octanol–water partition coefficient (Wildman–Crippen LogP) is 2.55. The molecule has 1 aromatic heterocycles. The van der Waals surface area contributed by atoms with Crippen LogP contribution in [-0.4, -0.2) is 15.1 Å². The summed E-state index contributed by atoms with van der Waals surface area (Å²) in [6.07, 6.45) is 0. The number of halogens is 1. The van der Waals surface area contributed by atoms with E-state index >= 15 is 0 Å². The summed E-state index contributed by atoms with van der Waals surface area (Å²) in [6, 6.07) is 4.45. The van der Waals surface area contributed by atoms with Crippen molar-refractivity contribution in [2.24, 2.45) is 0 Å². The van der Waals surface area contributed by atoms with Crippen LogP contribution in [0.15, 0.2) is 22.7 Å². The fourth-order valence-electron chi connectivity index (χ4n) is 1.42. The molecule has 1 N–H and O–H groups in total. The molecule has 0 saturated heterocycles. The second-order valence-corrected chi connectivity index (χ2v) is 3.89. The number of nitro benzene ring substituents is 1. The number of hydrogen-bond donors (Lipinski definition) is 1. The summed E-state index contributed by atoms with van der Waals surface area (Å²) >= 11 is 5.91. The number of para-hydroxylation sites is 1. The molecule has 0 amide bonds. The molecular weight excluding hydrogens is 260 g/mol. The molecule has 0 spiro atoms. The first-order chi connectivity index (χ1) is 8.58. The zero-order chi connectivity index (χ0) is 13.1. The van der Waals surface area contributed by atoms with E-state index in [1.165, 1.54) is 12.1 Å². The Kier molecular flexibility index (Phi) is 3.42. The molecule has 8 heteroatoms. The molecule has 0 aliphatic carbocycles. The van der Waals surface area contributed by atoms with E-state index in [1.807, 2.05) is 0 Å². The fourth-order valence-corrected chi connectivity index (χ4v) is 1.65. The smallest absolute Gasteiger partial charge is 0.293 e. The fraction of sp³-hybridized carbons (Fsp3) is 0.200. The van der Waals surface area contributed by atoms with Gasteiger partial charge >= 0.3 is 0 Å². The maximum atomic E-state index is 10.8. The SMILES string of the molecule is Cc1noc(CNc2c(Cl)cccc2[N+](=O)[O-])n1. The van der Waals surface area contributed by atoms with Gasteiger partial charge in [-0.2, -0.15) is 4.98 Å². The Labute approximate surface area is 107 Å². The highest BCUT2D eigenvalue weighted by atomic mass is 35.5. The Morgan fingerprint density at radius 2 is 2.33 bits per heavy atom. The van der Waals surface area contributed by atoms with Crippen LogP contribution in [-0.2, 0) is 6.54 Å². The van der Waals surface area contributed by atoms with Crippen molar-refractivity contribution in [1.82, 2.24) is 10.1 Å². The zero-order valence-electron chi connectivity index (χ0n) is 9.38. The number of nitrogens with one attached hydrogen (secondary N) is 1. The van der Waals surface area contributed by atoms with Gasteiger partial charge in [0.05, 0.1) is 16.5 Å². The Hall–Kier alpha value is -2.15. The van der Waals surface area contributed by atoms with Crippen LogP contribution in [0, 0.1) is 17.0 Å². The first-order valence-electron chi connectivity index (χ1n) is 5.04. The molecule has 2 rings (SSSR count). The minimum Gasteiger partial charge on any atom is -0.369 e. The highest BCUT2D eigenvalue weighted by Gasteiger charge is 2.16. The monoisotopic (exact) mass is 268 g/mol. The molecule has 0 saturated carbocycles. The molecule has 0 radical (unpaired) electrons. The largest absolute Gasteiger partial charge is 0.369 e. The summed E-state index contributed by atoms with van der Waals surface area (Å²) in [7, 11) is 0. The van der Waals surface area contributed by atoms with Gasteiger partial charge in [0.1, 0.15) is 5.69 Å². The normalized spacial score (nSPS) is 10.3. The molecule has 2 aromatic rings. The Bertz CT molecular complexity index is 584. The summed E-state index contributed by atoms with van der Waals surface area (Å²) in [6.45, 7) is 1.86. The van der Waals surface area contributed by atoms with E-state index in [1.54, 1.807) is 13.0 Å². The zero-order valence-corrected chi connectivity index (χ0v) is 10.1. The Morgan fingerprint density at radius 1 is 1.56 bits per heavy atom. The molecular formula is C10H9ClN4O3. The standard InChI is InChI=1S/C10H9ClN4O3/c1-6-13-9(18-14-6)5-12-10-7(11)3-2-4-8(10)15(16)17/h2-4,12H,5H2,1H3. The number of anilines is 1. The third kappa shape index (κ3) is 2.57. The lowest BCUT2D eigenvalue weighted by molar-refractivity contribution is -0.384. The van der Waals surface area contributed by atoms with Gasteiger partial charge in [-0.15, -0.1) is 0 Å². The lowest BCUT2D eigenvalue weighted by Crippen LogP contribution is -2.03. The van der Waals surface area contributed by atoms with Crippen LogP contribution in [0.2, 0.25) is 5.02 Å². The first-order valence-corrected chi connectivity index (χ1v) is 5.41. The molecule has 0 bridgehead atoms. The second-order valence-electron chi connectivity index (χ2n) is 3.48. The van der Waals surface area contributed by atoms with Gasteiger partial charge in [0.25, 0.3) is 5.69 Å². The molecule has 0 aliphatic rings. The van der Waals surface area contributed by atoms with Gasteiger partial charge in [0.15, 0.2) is 5.82 Å². The van der Waals surface area contributed by atoms with Gasteiger partial charge < -0.3 is 9.84 Å². The minimum absolute atomic E-state index is 0.0984. The average molecular weight is 269 g/mol. The molecule has 7 nitrogen and oxygen atoms in total. The molecule has 0 aliphatic heterocycles. The highest BCUT2D eigenvalue weighted by molar-refractivity contribution is 6.33. The third-order valence-electron chi connectivity index (χ3n) is 2.17. The number of nitro groups is 1. The second kappa shape index (κ2) is 5.01. The van der Waals surface area contributed by atoms with Gasteiger partial charge in [-0.05, 0) is 13.0 Å². The van der Waals surface area contributed by atoms with E-state index in [9.17, 15) is 10.1 Å². The van der Waals surface area contributed by atoms with E-state index in [4.69, 9.17) is 16.1 Å². The van der Waals surface area contributed by atoms with Crippen LogP contribution in [0.5, 0.6) is 0 Å². The van der Waals surface area contributed by atoms with Gasteiger partial charge in [-0.3, -0.25) is 10.1 Å². The highest BCUT2D eigenvalue weighted by Crippen LogP contribution is 2.31. The maximum Gasteiger partial charge on any atom is 0.293 e. The van der Waals surface area contributed by atoms with Crippen molar-refractivity contribution in [1.29, 1.82) is 0 Å². The maximum absolute atomic E-state index is 10.8. The van der Waals surface area contributed by atoms with Crippen molar-refractivity contribution in [3.05, 3.63) is 45.1 Å². The average Bonchev–Trinajstić information content (AvgIpc) is 2.73. The quantitative estimate of drug-likeness (QED) is 0.676. The minimum atomic E-state index is -0.507. The van der Waals surface area contributed by atoms with Crippen LogP contribution < -0.4 is 5.32 Å². The van der Waals surface area contributed by atoms with Crippen molar-refractivity contribution in [2.75, 3.05) is 5.32 Å². The molecule has 18 heavy (non-hydrogen) atoms. The summed E-state index contributed by atoms with van der Waals surface area (Å²) in [4.78, 5) is 14.3. The number of nitrogens with zero attached hydrogens (tertiary/aromatic N) is 3. The topological polar surface area (TPSA) is 94.1 Å². The molecule has 0 fully saturated rings. The number of hydrogen-bond acceptors (Lipinski definition) is 6. The van der Waals surface area contributed by atoms with Crippen LogP contribution in [0.4, 0.5) is 11.4 Å². The summed E-state index contributed by atoms with van der Waals surface area (Å²) in [5, 5.41) is 17.5. The van der Waals surface area contributed by atoms with Crippen molar-refractivity contribution < 1.29 is 9.45 Å². The van der Waals surface area contributed by atoms with Gasteiger partial charge in [-0.25, -0.2) is 0 Å². The summed E-state index contributed by atoms with van der Waals surface area (Å²) in [5.41, 5.74) is 0.138. The van der Waals surface area contributed by atoms with E-state index in [0.29, 0.717) is 11.7 Å². The Balaban J connectivity index is 2.20. The third-order valence-corrected chi connectivity index (χ3v) is 2.49. The van der Waals surface area contributed by atoms with E-state index in [0.717, 1.165) is 0 Å². The molecule has 1 aromatic carbocycles. The summed E-state index contributed by atoms with van der Waals surface area (Å²) in [5.74, 6) is 0.835. The van der Waals surface area contributed by atoms with E-state index < -0.39 is 4.92 Å². The van der Waals surface area contributed by atoms with Crippen molar-refractivity contribution in [3.63, 3.8) is 0 Å². The molecule has 1 heterocycles. The molecule has 94 valence electrons. The number of aromatic nitrogens is 2. The van der Waals surface area contributed by atoms with Crippen molar-refractivity contribution in [3.8, 4) is 0 Å². The van der Waals surface area contributed by atoms with Crippen LogP contribution >= 0.6 is 11.6 Å². The Morgan fingerprint density at radius 3 is 2.94 bits per heavy atom. The van der Waals surface area contributed by atoms with Crippen LogP contribution in [0.1, 0.15) is 11.7 Å². The lowest BCUT2D eigenvalue weighted by Gasteiger charge is -2.06. The van der Waals surface area contributed by atoms with Gasteiger partial charge in [-0.1, -0.05) is 22.8 Å². The van der Waals surface area contributed by atoms with Gasteiger partial charge in [0, 0.05) is 6.07 Å². The first kappa shape index (κ1) is 12.3. The van der Waals surface area contributed by atoms with Crippen LogP contribution in [0.25, 0.3) is 0 Å². The predicted molar refractivity (Wildman–Crippen MR) is 64.5 cm³/mol.